The molecule has 4 unspecified atom stereocenters. The molecule has 2 heterocycles. The minimum absolute atomic E-state index is 0.0279. The maximum atomic E-state index is 11.9. The van der Waals surface area contributed by atoms with Crippen LogP contribution in [-0.4, -0.2) is 58.2 Å². The number of likely N-dealkylation sites (tertiary alicyclic amines) is 1. The van der Waals surface area contributed by atoms with Crippen molar-refractivity contribution in [2.24, 2.45) is 17.3 Å². The summed E-state index contributed by atoms with van der Waals surface area (Å²) >= 11 is 0. The Morgan fingerprint density at radius 1 is 1.09 bits per heavy atom. The number of benzene rings is 2. The van der Waals surface area contributed by atoms with E-state index in [-0.39, 0.29) is 17.8 Å². The number of piperidine rings is 1. The van der Waals surface area contributed by atoms with Crippen molar-refractivity contribution >= 4 is 0 Å². The van der Waals surface area contributed by atoms with Gasteiger partial charge in [0.2, 0.25) is 0 Å². The molecule has 0 amide bonds. The fourth-order valence-corrected chi connectivity index (χ4v) is 8.40. The highest BCUT2D eigenvalue weighted by Gasteiger charge is 2.70. The molecule has 2 saturated carbocycles. The third kappa shape index (κ3) is 3.17. The van der Waals surface area contributed by atoms with E-state index in [1.807, 2.05) is 6.07 Å². The maximum Gasteiger partial charge on any atom is 0.165 e. The highest BCUT2D eigenvalue weighted by atomic mass is 16.5. The fourth-order valence-electron chi connectivity index (χ4n) is 8.40. The van der Waals surface area contributed by atoms with Crippen LogP contribution in [0.2, 0.25) is 0 Å². The van der Waals surface area contributed by atoms with E-state index in [1.54, 1.807) is 6.07 Å². The smallest absolute Gasteiger partial charge is 0.165 e. The minimum atomic E-state index is -0.757. The first-order chi connectivity index (χ1) is 17.1. The molecule has 5 aliphatic rings. The summed E-state index contributed by atoms with van der Waals surface area (Å²) in [6, 6.07) is 14.8. The topological polar surface area (TPSA) is 73.2 Å². The summed E-state index contributed by atoms with van der Waals surface area (Å²) in [5, 5.41) is 33.5. The van der Waals surface area contributed by atoms with Crippen LogP contribution in [0, 0.1) is 17.3 Å². The summed E-state index contributed by atoms with van der Waals surface area (Å²) in [7, 11) is 0. The molecule has 7 rings (SSSR count). The average molecular weight is 476 g/mol. The highest BCUT2D eigenvalue weighted by Crippen LogP contribution is 2.67. The minimum Gasteiger partial charge on any atom is -0.504 e. The van der Waals surface area contributed by atoms with Crippen LogP contribution < -0.4 is 4.74 Å². The van der Waals surface area contributed by atoms with Crippen molar-refractivity contribution in [1.82, 2.24) is 4.90 Å². The SMILES string of the molecule is OC[C@@]1(CCCc2ccccc2)CC2C3Cc4ccc(O)c5c4C2(CCN3CC2CC2)C(O5)[C@@H]1O. The lowest BCUT2D eigenvalue weighted by molar-refractivity contribution is -0.181. The van der Waals surface area contributed by atoms with Crippen LogP contribution in [0.1, 0.15) is 55.2 Å². The Hall–Kier alpha value is -2.08. The Balaban J connectivity index is 1.26. The molecule has 2 aromatic carbocycles. The van der Waals surface area contributed by atoms with Crippen LogP contribution >= 0.6 is 0 Å². The summed E-state index contributed by atoms with van der Waals surface area (Å²) in [6.07, 6.45) is 6.92. The molecular formula is C30H37NO4. The molecule has 1 saturated heterocycles. The maximum absolute atomic E-state index is 11.9. The van der Waals surface area contributed by atoms with Crippen molar-refractivity contribution in [3.8, 4) is 11.5 Å². The van der Waals surface area contributed by atoms with E-state index in [1.165, 1.54) is 36.1 Å². The molecule has 0 aromatic heterocycles. The van der Waals surface area contributed by atoms with E-state index in [2.05, 4.69) is 35.2 Å². The first-order valence-electron chi connectivity index (χ1n) is 13.6. The second kappa shape index (κ2) is 7.96. The van der Waals surface area contributed by atoms with Gasteiger partial charge in [-0.25, -0.2) is 0 Å². The van der Waals surface area contributed by atoms with Gasteiger partial charge in [0.15, 0.2) is 11.5 Å². The van der Waals surface area contributed by atoms with E-state index in [9.17, 15) is 15.3 Å². The number of aliphatic hydroxyl groups is 2. The summed E-state index contributed by atoms with van der Waals surface area (Å²) in [6.45, 7) is 2.17. The van der Waals surface area contributed by atoms with Crippen molar-refractivity contribution in [2.75, 3.05) is 19.7 Å². The van der Waals surface area contributed by atoms with Gasteiger partial charge in [-0.2, -0.15) is 0 Å². The second-order valence-corrected chi connectivity index (χ2v) is 12.1. The largest absolute Gasteiger partial charge is 0.504 e. The Labute approximate surface area is 207 Å². The van der Waals surface area contributed by atoms with Crippen LogP contribution in [0.5, 0.6) is 11.5 Å². The van der Waals surface area contributed by atoms with Crippen LogP contribution in [0.4, 0.5) is 0 Å². The Kier molecular flexibility index (Phi) is 5.04. The molecular weight excluding hydrogens is 438 g/mol. The van der Waals surface area contributed by atoms with E-state index in [4.69, 9.17) is 4.74 Å². The summed E-state index contributed by atoms with van der Waals surface area (Å²) in [5.41, 5.74) is 2.92. The van der Waals surface area contributed by atoms with E-state index < -0.39 is 17.6 Å². The Morgan fingerprint density at radius 3 is 2.69 bits per heavy atom. The lowest BCUT2D eigenvalue weighted by Gasteiger charge is -2.63. The molecule has 3 aliphatic carbocycles. The zero-order valence-electron chi connectivity index (χ0n) is 20.4. The third-order valence-electron chi connectivity index (χ3n) is 10.3. The molecule has 3 fully saturated rings. The lowest BCUT2D eigenvalue weighted by atomic mass is 9.46. The number of phenolic OH excluding ortho intramolecular Hbond substituents is 1. The second-order valence-electron chi connectivity index (χ2n) is 12.1. The van der Waals surface area contributed by atoms with Gasteiger partial charge in [0.25, 0.3) is 0 Å². The lowest BCUT2D eigenvalue weighted by Crippen LogP contribution is -2.71. The Bertz CT molecular complexity index is 1120. The molecule has 186 valence electrons. The van der Waals surface area contributed by atoms with Crippen molar-refractivity contribution in [3.05, 3.63) is 59.2 Å². The number of ether oxygens (including phenoxy) is 1. The van der Waals surface area contributed by atoms with Gasteiger partial charge in [-0.15, -0.1) is 0 Å². The van der Waals surface area contributed by atoms with E-state index in [0.29, 0.717) is 17.7 Å². The van der Waals surface area contributed by atoms with Gasteiger partial charge in [0.05, 0.1) is 12.7 Å². The van der Waals surface area contributed by atoms with Gasteiger partial charge in [0.1, 0.15) is 6.10 Å². The fraction of sp³-hybridized carbons (Fsp3) is 0.600. The van der Waals surface area contributed by atoms with Crippen molar-refractivity contribution < 1.29 is 20.1 Å². The van der Waals surface area contributed by atoms with Crippen LogP contribution in [-0.2, 0) is 18.3 Å². The van der Waals surface area contributed by atoms with Crippen molar-refractivity contribution in [2.45, 2.75) is 75.0 Å². The molecule has 0 radical (unpaired) electrons. The number of phenols is 1. The van der Waals surface area contributed by atoms with Crippen LogP contribution in [0.25, 0.3) is 0 Å². The summed E-state index contributed by atoms with van der Waals surface area (Å²) < 4.78 is 6.54. The summed E-state index contributed by atoms with van der Waals surface area (Å²) in [5.74, 6) is 1.95. The van der Waals surface area contributed by atoms with Gasteiger partial charge in [-0.1, -0.05) is 36.4 Å². The number of aromatic hydroxyl groups is 1. The molecule has 35 heavy (non-hydrogen) atoms. The van der Waals surface area contributed by atoms with Crippen molar-refractivity contribution in [1.29, 1.82) is 0 Å². The van der Waals surface area contributed by atoms with Crippen LogP contribution in [0.15, 0.2) is 42.5 Å². The quantitative estimate of drug-likeness (QED) is 0.568. The van der Waals surface area contributed by atoms with E-state index >= 15 is 0 Å². The number of aryl methyl sites for hydroxylation is 1. The van der Waals surface area contributed by atoms with Gasteiger partial charge in [0, 0.05) is 29.0 Å². The number of hydrogen-bond acceptors (Lipinski definition) is 5. The monoisotopic (exact) mass is 475 g/mol. The standard InChI is InChI=1S/C30H37NO4/c32-18-29(12-4-7-19-5-2-1-3-6-19)16-22-23-15-21-10-11-24(33)26-25(21)30(22,28(35-26)27(29)34)13-14-31(23)17-20-8-9-20/h1-3,5-6,10-11,20,22-23,27-28,32-34H,4,7-9,12-18H2/t22?,23?,27-,28?,29+,30?/m0/s1. The molecule has 2 aromatic rings. The van der Waals surface area contributed by atoms with E-state index in [0.717, 1.165) is 51.0 Å². The zero-order chi connectivity index (χ0) is 23.8. The number of aliphatic hydroxyl groups excluding tert-OH is 2. The molecule has 5 nitrogen and oxygen atoms in total. The summed E-state index contributed by atoms with van der Waals surface area (Å²) in [4.78, 5) is 2.72. The average Bonchev–Trinajstić information content (AvgIpc) is 3.62. The van der Waals surface area contributed by atoms with Gasteiger partial charge in [-0.05, 0) is 86.9 Å². The first-order valence-corrected chi connectivity index (χ1v) is 13.6. The zero-order valence-corrected chi connectivity index (χ0v) is 20.4. The number of nitrogens with zero attached hydrogens (tertiary/aromatic N) is 1. The normalized spacial score (nSPS) is 37.1. The number of rotatable bonds is 7. The Morgan fingerprint density at radius 2 is 1.91 bits per heavy atom. The molecule has 2 aliphatic heterocycles. The predicted molar refractivity (Wildman–Crippen MR) is 134 cm³/mol. The number of hydrogen-bond donors (Lipinski definition) is 3. The van der Waals surface area contributed by atoms with Gasteiger partial charge >= 0.3 is 0 Å². The predicted octanol–water partition coefficient (Wildman–Crippen LogP) is 3.81. The van der Waals surface area contributed by atoms with Crippen LogP contribution in [0.3, 0.4) is 0 Å². The third-order valence-corrected chi connectivity index (χ3v) is 10.3. The molecule has 3 N–H and O–H groups in total. The molecule has 6 atom stereocenters. The molecule has 5 heteroatoms. The highest BCUT2D eigenvalue weighted by molar-refractivity contribution is 5.61. The molecule has 1 spiro atoms. The first kappa shape index (κ1) is 22.1. The van der Waals surface area contributed by atoms with Gasteiger partial charge < -0.3 is 20.1 Å². The van der Waals surface area contributed by atoms with Crippen molar-refractivity contribution in [3.63, 3.8) is 0 Å². The molecule has 2 bridgehead atoms. The van der Waals surface area contributed by atoms with Gasteiger partial charge in [-0.3, -0.25) is 4.90 Å².